The van der Waals surface area contributed by atoms with Gasteiger partial charge in [0.25, 0.3) is 11.5 Å². The van der Waals surface area contributed by atoms with Gasteiger partial charge in [0, 0.05) is 18.1 Å². The monoisotopic (exact) mass is 524 g/mol. The first kappa shape index (κ1) is 26.3. The van der Waals surface area contributed by atoms with Gasteiger partial charge in [0.2, 0.25) is 5.69 Å². The van der Waals surface area contributed by atoms with Crippen LogP contribution in [0.1, 0.15) is 46.9 Å². The highest BCUT2D eigenvalue weighted by atomic mass is 35.5. The number of ether oxygens (including phenoxy) is 1. The fraction of sp³-hybridized carbons (Fsp3) is 0.370. The molecule has 1 aliphatic rings. The van der Waals surface area contributed by atoms with Crippen molar-refractivity contribution in [2.75, 3.05) is 19.7 Å². The van der Waals surface area contributed by atoms with E-state index < -0.39 is 28.8 Å². The van der Waals surface area contributed by atoms with Crippen molar-refractivity contribution in [3.05, 3.63) is 90.7 Å². The molecule has 2 aromatic carbocycles. The first-order chi connectivity index (χ1) is 17.7. The third-order valence-corrected chi connectivity index (χ3v) is 6.99. The van der Waals surface area contributed by atoms with E-state index in [4.69, 9.17) is 16.3 Å². The number of aromatic nitrogens is 3. The van der Waals surface area contributed by atoms with E-state index in [9.17, 15) is 19.2 Å². The van der Waals surface area contributed by atoms with Gasteiger partial charge in [-0.2, -0.15) is 9.78 Å². The quantitative estimate of drug-likeness (QED) is 0.459. The number of piperidine rings is 1. The number of esters is 1. The van der Waals surface area contributed by atoms with Crippen LogP contribution >= 0.6 is 11.6 Å². The topological polar surface area (TPSA) is 104 Å². The van der Waals surface area contributed by atoms with Crippen LogP contribution in [-0.2, 0) is 16.1 Å². The molecule has 1 unspecified atom stereocenters. The molecule has 9 nitrogen and oxygen atoms in total. The van der Waals surface area contributed by atoms with Gasteiger partial charge in [-0.05, 0) is 62.4 Å². The van der Waals surface area contributed by atoms with Gasteiger partial charge in [0.05, 0.1) is 24.8 Å². The number of hydrogen-bond donors (Lipinski definition) is 0. The first-order valence-corrected chi connectivity index (χ1v) is 12.6. The highest BCUT2D eigenvalue weighted by Crippen LogP contribution is 2.20. The van der Waals surface area contributed by atoms with Crippen molar-refractivity contribution in [1.82, 2.24) is 19.2 Å². The van der Waals surface area contributed by atoms with Crippen LogP contribution in [0.4, 0.5) is 0 Å². The number of carbonyl (C=O) groups is 2. The molecule has 0 aliphatic carbocycles. The van der Waals surface area contributed by atoms with E-state index in [1.807, 2.05) is 38.1 Å². The van der Waals surface area contributed by atoms with E-state index in [0.29, 0.717) is 30.1 Å². The highest BCUT2D eigenvalue weighted by Gasteiger charge is 2.32. The molecule has 3 aromatic rings. The van der Waals surface area contributed by atoms with Gasteiger partial charge in [-0.3, -0.25) is 19.0 Å². The van der Waals surface area contributed by atoms with Crippen molar-refractivity contribution in [1.29, 1.82) is 0 Å². The van der Waals surface area contributed by atoms with Crippen molar-refractivity contribution in [2.24, 2.45) is 5.92 Å². The maximum absolute atomic E-state index is 13.6. The minimum absolute atomic E-state index is 0.0296. The second kappa shape index (κ2) is 11.1. The summed E-state index contributed by atoms with van der Waals surface area (Å²) in [6.07, 6.45) is 1.18. The number of nitrogens with zero attached hydrogens (tertiary/aromatic N) is 4. The van der Waals surface area contributed by atoms with E-state index in [-0.39, 0.29) is 25.7 Å². The maximum Gasteiger partial charge on any atom is 0.352 e. The van der Waals surface area contributed by atoms with Gasteiger partial charge >= 0.3 is 11.7 Å². The van der Waals surface area contributed by atoms with Crippen LogP contribution in [0.2, 0.25) is 5.02 Å². The van der Waals surface area contributed by atoms with E-state index >= 15 is 0 Å². The second-order valence-corrected chi connectivity index (χ2v) is 9.54. The summed E-state index contributed by atoms with van der Waals surface area (Å²) >= 11 is 6.30. The smallest absolute Gasteiger partial charge is 0.352 e. The lowest BCUT2D eigenvalue weighted by atomic mass is 9.98. The third-order valence-electron chi connectivity index (χ3n) is 6.58. The van der Waals surface area contributed by atoms with Gasteiger partial charge in [0.1, 0.15) is 0 Å². The lowest BCUT2D eigenvalue weighted by Crippen LogP contribution is -2.49. The van der Waals surface area contributed by atoms with Crippen LogP contribution in [0.25, 0.3) is 5.69 Å². The zero-order valence-corrected chi connectivity index (χ0v) is 21.8. The summed E-state index contributed by atoms with van der Waals surface area (Å²) in [5.74, 6) is -1.48. The van der Waals surface area contributed by atoms with E-state index in [1.165, 1.54) is 4.90 Å². The zero-order valence-electron chi connectivity index (χ0n) is 21.1. The number of rotatable bonds is 6. The summed E-state index contributed by atoms with van der Waals surface area (Å²) in [5.41, 5.74) is 0.933. The minimum Gasteiger partial charge on any atom is -0.466 e. The fourth-order valence-electron chi connectivity index (χ4n) is 4.39. The summed E-state index contributed by atoms with van der Waals surface area (Å²) in [5, 5.41) is 4.64. The van der Waals surface area contributed by atoms with Crippen molar-refractivity contribution in [3.63, 3.8) is 0 Å². The lowest BCUT2D eigenvalue weighted by Gasteiger charge is -2.31. The molecule has 2 heterocycles. The average Bonchev–Trinajstić information content (AvgIpc) is 2.89. The third kappa shape index (κ3) is 5.51. The van der Waals surface area contributed by atoms with Crippen LogP contribution in [0, 0.1) is 19.8 Å². The Balaban J connectivity index is 1.82. The molecule has 194 valence electrons. The number of aryl methyl sites for hydroxylation is 2. The Morgan fingerprint density at radius 3 is 2.57 bits per heavy atom. The molecular formula is C27H29ClN4O5. The molecule has 1 fully saturated rings. The molecule has 37 heavy (non-hydrogen) atoms. The molecule has 0 N–H and O–H groups in total. The number of carbonyl (C=O) groups excluding carboxylic acids is 2. The van der Waals surface area contributed by atoms with Gasteiger partial charge in [-0.25, -0.2) is 4.79 Å². The Morgan fingerprint density at radius 2 is 1.86 bits per heavy atom. The molecule has 0 bridgehead atoms. The first-order valence-electron chi connectivity index (χ1n) is 12.2. The van der Waals surface area contributed by atoms with Crippen LogP contribution in [0.5, 0.6) is 0 Å². The van der Waals surface area contributed by atoms with Crippen molar-refractivity contribution in [3.8, 4) is 5.69 Å². The summed E-state index contributed by atoms with van der Waals surface area (Å²) in [6, 6.07) is 12.4. The average molecular weight is 525 g/mol. The minimum atomic E-state index is -0.786. The van der Waals surface area contributed by atoms with E-state index in [0.717, 1.165) is 25.9 Å². The lowest BCUT2D eigenvalue weighted by molar-refractivity contribution is -0.149. The summed E-state index contributed by atoms with van der Waals surface area (Å²) in [7, 11) is 0. The normalized spacial score (nSPS) is 15.5. The molecular weight excluding hydrogens is 496 g/mol. The molecule has 1 aliphatic heterocycles. The second-order valence-electron chi connectivity index (χ2n) is 9.14. The Labute approximate surface area is 219 Å². The van der Waals surface area contributed by atoms with Gasteiger partial charge in [-0.15, -0.1) is 0 Å². The predicted octanol–water partition coefficient (Wildman–Crippen LogP) is 3.13. The molecule has 1 atom stereocenters. The van der Waals surface area contributed by atoms with Crippen molar-refractivity contribution >= 4 is 23.5 Å². The van der Waals surface area contributed by atoms with Crippen molar-refractivity contribution in [2.45, 2.75) is 40.2 Å². The van der Waals surface area contributed by atoms with Crippen molar-refractivity contribution < 1.29 is 14.3 Å². The number of likely N-dealkylation sites (tertiary alicyclic amines) is 1. The number of amides is 1. The molecule has 1 amide bonds. The maximum atomic E-state index is 13.6. The van der Waals surface area contributed by atoms with Gasteiger partial charge in [-0.1, -0.05) is 41.9 Å². The highest BCUT2D eigenvalue weighted by molar-refractivity contribution is 6.31. The molecule has 0 saturated carbocycles. The largest absolute Gasteiger partial charge is 0.466 e. The van der Waals surface area contributed by atoms with Gasteiger partial charge in [0.15, 0.2) is 0 Å². The molecule has 1 aromatic heterocycles. The van der Waals surface area contributed by atoms with Crippen LogP contribution in [-0.4, -0.2) is 50.8 Å². The van der Waals surface area contributed by atoms with Crippen LogP contribution < -0.4 is 11.2 Å². The number of hydrogen-bond acceptors (Lipinski definition) is 6. The summed E-state index contributed by atoms with van der Waals surface area (Å²) in [4.78, 5) is 54.4. The molecule has 0 radical (unpaired) electrons. The summed E-state index contributed by atoms with van der Waals surface area (Å²) in [6.45, 7) is 6.14. The molecule has 4 rings (SSSR count). The Morgan fingerprint density at radius 1 is 1.11 bits per heavy atom. The molecule has 0 spiro atoms. The molecule has 1 saturated heterocycles. The Hall–Kier alpha value is -3.72. The Bertz CT molecular complexity index is 1460. The van der Waals surface area contributed by atoms with Crippen LogP contribution in [0.15, 0.2) is 52.1 Å². The number of halogens is 1. The molecule has 10 heteroatoms. The Kier molecular flexibility index (Phi) is 7.92. The van der Waals surface area contributed by atoms with E-state index in [1.54, 1.807) is 25.1 Å². The summed E-state index contributed by atoms with van der Waals surface area (Å²) < 4.78 is 7.18. The van der Waals surface area contributed by atoms with Crippen LogP contribution in [0.3, 0.4) is 0 Å². The van der Waals surface area contributed by atoms with E-state index in [2.05, 4.69) is 5.10 Å². The SMILES string of the molecule is CCOC(=O)C1CCCN(C(=O)c2nn(-c3ccc(C)c(Cl)c3)c(=O)n(Cc3ccccc3C)c2=O)C1. The fourth-order valence-corrected chi connectivity index (χ4v) is 4.57. The van der Waals surface area contributed by atoms with Gasteiger partial charge < -0.3 is 9.64 Å². The number of benzene rings is 2. The predicted molar refractivity (Wildman–Crippen MR) is 139 cm³/mol. The standard InChI is InChI=1S/C27H29ClN4O5/c1-4-37-26(35)20-10-7-13-30(15-20)24(33)23-25(34)31(16-19-9-6-5-8-17(19)2)27(36)32(29-23)21-12-11-18(3)22(28)14-21/h5-6,8-9,11-12,14,20H,4,7,10,13,15-16H2,1-3H3. The zero-order chi connectivity index (χ0) is 26.7.